The predicted molar refractivity (Wildman–Crippen MR) is 51.5 cm³/mol. The first-order valence-electron chi connectivity index (χ1n) is 5.07. The molecule has 0 aliphatic rings. The van der Waals surface area contributed by atoms with E-state index in [1.807, 2.05) is 6.92 Å². The molecule has 0 spiro atoms. The van der Waals surface area contributed by atoms with Crippen LogP contribution < -0.4 is 0 Å². The fraction of sp³-hybridized carbons (Fsp3) is 1.00. The number of ether oxygens (including phenoxy) is 2. The first kappa shape index (κ1) is 11.9. The molecule has 0 bridgehead atoms. The lowest BCUT2D eigenvalue weighted by Crippen LogP contribution is -1.99. The van der Waals surface area contributed by atoms with Crippen molar-refractivity contribution < 1.29 is 9.47 Å². The second kappa shape index (κ2) is 10.9. The lowest BCUT2D eigenvalue weighted by atomic mass is 10.3. The van der Waals surface area contributed by atoms with Crippen molar-refractivity contribution in [3.05, 3.63) is 0 Å². The van der Waals surface area contributed by atoms with Crippen LogP contribution in [0.15, 0.2) is 0 Å². The molecule has 0 aliphatic heterocycles. The van der Waals surface area contributed by atoms with Gasteiger partial charge in [-0.15, -0.1) is 0 Å². The molecule has 0 aromatic rings. The summed E-state index contributed by atoms with van der Waals surface area (Å²) in [6.07, 6.45) is 4.66. The van der Waals surface area contributed by atoms with Gasteiger partial charge < -0.3 is 9.47 Å². The van der Waals surface area contributed by atoms with Gasteiger partial charge >= 0.3 is 0 Å². The Morgan fingerprint density at radius 3 is 1.92 bits per heavy atom. The van der Waals surface area contributed by atoms with Gasteiger partial charge in [0.1, 0.15) is 0 Å². The van der Waals surface area contributed by atoms with Gasteiger partial charge in [0, 0.05) is 26.4 Å². The third kappa shape index (κ3) is 9.92. The van der Waals surface area contributed by atoms with E-state index in [4.69, 9.17) is 9.47 Å². The number of unbranched alkanes of at least 4 members (excludes halogenated alkanes) is 2. The van der Waals surface area contributed by atoms with Gasteiger partial charge in [0.25, 0.3) is 0 Å². The lowest BCUT2D eigenvalue weighted by Gasteiger charge is -2.03. The SMILES string of the molecule is CCCCOCCCCOCC. The molecule has 0 aliphatic carbocycles. The second-order valence-corrected chi connectivity index (χ2v) is 2.87. The van der Waals surface area contributed by atoms with Gasteiger partial charge in [0.05, 0.1) is 0 Å². The minimum atomic E-state index is 0.830. The van der Waals surface area contributed by atoms with Crippen molar-refractivity contribution in [3.63, 3.8) is 0 Å². The standard InChI is InChI=1S/C10H22O2/c1-3-5-8-12-10-7-6-9-11-4-2/h3-10H2,1-2H3. The van der Waals surface area contributed by atoms with Crippen molar-refractivity contribution in [2.75, 3.05) is 26.4 Å². The van der Waals surface area contributed by atoms with E-state index in [1.165, 1.54) is 12.8 Å². The molecule has 0 saturated carbocycles. The van der Waals surface area contributed by atoms with Gasteiger partial charge in [-0.05, 0) is 26.2 Å². The van der Waals surface area contributed by atoms with E-state index >= 15 is 0 Å². The molecule has 0 heterocycles. The molecule has 0 amide bonds. The molecule has 74 valence electrons. The molecule has 0 unspecified atom stereocenters. The number of hydrogen-bond acceptors (Lipinski definition) is 2. The summed E-state index contributed by atoms with van der Waals surface area (Å²) in [6.45, 7) is 7.73. The summed E-state index contributed by atoms with van der Waals surface area (Å²) in [7, 11) is 0. The maximum Gasteiger partial charge on any atom is 0.0466 e. The molecule has 0 fully saturated rings. The van der Waals surface area contributed by atoms with Crippen LogP contribution in [0.4, 0.5) is 0 Å². The third-order valence-electron chi connectivity index (χ3n) is 1.67. The number of hydrogen-bond donors (Lipinski definition) is 0. The van der Waals surface area contributed by atoms with Crippen LogP contribution >= 0.6 is 0 Å². The van der Waals surface area contributed by atoms with Crippen LogP contribution in [0, 0.1) is 0 Å². The summed E-state index contributed by atoms with van der Waals surface area (Å²) in [5, 5.41) is 0. The van der Waals surface area contributed by atoms with Crippen molar-refractivity contribution in [3.8, 4) is 0 Å². The van der Waals surface area contributed by atoms with Gasteiger partial charge in [0.2, 0.25) is 0 Å². The van der Waals surface area contributed by atoms with Gasteiger partial charge in [-0.2, -0.15) is 0 Å². The van der Waals surface area contributed by atoms with Crippen molar-refractivity contribution in [2.24, 2.45) is 0 Å². The molecule has 0 rings (SSSR count). The molecule has 0 aromatic carbocycles. The van der Waals surface area contributed by atoms with Crippen LogP contribution in [-0.4, -0.2) is 26.4 Å². The van der Waals surface area contributed by atoms with Gasteiger partial charge in [0.15, 0.2) is 0 Å². The summed E-state index contributed by atoms with van der Waals surface area (Å²) in [5.74, 6) is 0. The fourth-order valence-electron chi connectivity index (χ4n) is 0.901. The molecular formula is C10H22O2. The summed E-state index contributed by atoms with van der Waals surface area (Å²) in [6, 6.07) is 0. The zero-order valence-corrected chi connectivity index (χ0v) is 8.47. The van der Waals surface area contributed by atoms with Gasteiger partial charge in [-0.25, -0.2) is 0 Å². The highest BCUT2D eigenvalue weighted by atomic mass is 16.5. The van der Waals surface area contributed by atoms with Gasteiger partial charge in [-0.3, -0.25) is 0 Å². The minimum Gasteiger partial charge on any atom is -0.382 e. The van der Waals surface area contributed by atoms with E-state index in [0.29, 0.717) is 0 Å². The van der Waals surface area contributed by atoms with E-state index in [-0.39, 0.29) is 0 Å². The van der Waals surface area contributed by atoms with Gasteiger partial charge in [-0.1, -0.05) is 13.3 Å². The first-order valence-corrected chi connectivity index (χ1v) is 5.07. The Kier molecular flexibility index (Phi) is 10.8. The molecule has 0 aromatic heterocycles. The second-order valence-electron chi connectivity index (χ2n) is 2.87. The van der Waals surface area contributed by atoms with Crippen molar-refractivity contribution >= 4 is 0 Å². The maximum absolute atomic E-state index is 5.40. The van der Waals surface area contributed by atoms with Crippen LogP contribution in [0.25, 0.3) is 0 Å². The number of rotatable bonds is 9. The third-order valence-corrected chi connectivity index (χ3v) is 1.67. The van der Waals surface area contributed by atoms with Crippen molar-refractivity contribution in [2.45, 2.75) is 39.5 Å². The lowest BCUT2D eigenvalue weighted by molar-refractivity contribution is 0.106. The Balaban J connectivity index is 2.73. The molecule has 0 N–H and O–H groups in total. The zero-order valence-electron chi connectivity index (χ0n) is 8.47. The normalized spacial score (nSPS) is 10.5. The smallest absolute Gasteiger partial charge is 0.0466 e. The molecule has 2 nitrogen and oxygen atoms in total. The highest BCUT2D eigenvalue weighted by Crippen LogP contribution is 1.93. The van der Waals surface area contributed by atoms with Crippen molar-refractivity contribution in [1.29, 1.82) is 0 Å². The molecular weight excluding hydrogens is 152 g/mol. The molecule has 12 heavy (non-hydrogen) atoms. The molecule has 0 radical (unpaired) electrons. The summed E-state index contributed by atoms with van der Waals surface area (Å²) in [4.78, 5) is 0. The van der Waals surface area contributed by atoms with E-state index in [0.717, 1.165) is 39.3 Å². The average molecular weight is 174 g/mol. The first-order chi connectivity index (χ1) is 5.91. The Morgan fingerprint density at radius 2 is 1.33 bits per heavy atom. The highest BCUT2D eigenvalue weighted by Gasteiger charge is 1.89. The largest absolute Gasteiger partial charge is 0.382 e. The van der Waals surface area contributed by atoms with E-state index < -0.39 is 0 Å². The van der Waals surface area contributed by atoms with Crippen LogP contribution in [0.2, 0.25) is 0 Å². The van der Waals surface area contributed by atoms with Crippen LogP contribution in [-0.2, 0) is 9.47 Å². The quantitative estimate of drug-likeness (QED) is 0.500. The fourth-order valence-corrected chi connectivity index (χ4v) is 0.901. The molecule has 2 heteroatoms. The summed E-state index contributed by atoms with van der Waals surface area (Å²) >= 11 is 0. The van der Waals surface area contributed by atoms with Crippen LogP contribution in [0.1, 0.15) is 39.5 Å². The van der Waals surface area contributed by atoms with E-state index in [1.54, 1.807) is 0 Å². The summed E-state index contributed by atoms with van der Waals surface area (Å²) < 4.78 is 10.6. The van der Waals surface area contributed by atoms with Crippen molar-refractivity contribution in [1.82, 2.24) is 0 Å². The highest BCUT2D eigenvalue weighted by molar-refractivity contribution is 4.38. The Bertz CT molecular complexity index is 64.2. The topological polar surface area (TPSA) is 18.5 Å². The Morgan fingerprint density at radius 1 is 0.750 bits per heavy atom. The summed E-state index contributed by atoms with van der Waals surface area (Å²) in [5.41, 5.74) is 0. The maximum atomic E-state index is 5.40. The predicted octanol–water partition coefficient (Wildman–Crippen LogP) is 2.62. The Hall–Kier alpha value is -0.0800. The molecule has 0 saturated heterocycles. The monoisotopic (exact) mass is 174 g/mol. The van der Waals surface area contributed by atoms with E-state index in [9.17, 15) is 0 Å². The molecule has 0 atom stereocenters. The zero-order chi connectivity index (χ0) is 9.07. The van der Waals surface area contributed by atoms with Crippen LogP contribution in [0.3, 0.4) is 0 Å². The van der Waals surface area contributed by atoms with Crippen LogP contribution in [0.5, 0.6) is 0 Å². The average Bonchev–Trinajstić information content (AvgIpc) is 2.10. The van der Waals surface area contributed by atoms with E-state index in [2.05, 4.69) is 6.92 Å². The Labute approximate surface area is 76.3 Å². The minimum absolute atomic E-state index is 0.830.